The van der Waals surface area contributed by atoms with Crippen molar-refractivity contribution >= 4 is 5.91 Å². The van der Waals surface area contributed by atoms with E-state index in [1.165, 1.54) is 19.3 Å². The maximum atomic E-state index is 12.6. The molecule has 0 aliphatic heterocycles. The van der Waals surface area contributed by atoms with Crippen molar-refractivity contribution in [3.05, 3.63) is 17.7 Å². The van der Waals surface area contributed by atoms with Crippen molar-refractivity contribution in [3.63, 3.8) is 0 Å². The van der Waals surface area contributed by atoms with Crippen LogP contribution < -0.4 is 19.5 Å². The van der Waals surface area contributed by atoms with Crippen LogP contribution in [0.5, 0.6) is 17.2 Å². The molecule has 1 amide bonds. The second-order valence-corrected chi connectivity index (χ2v) is 5.91. The van der Waals surface area contributed by atoms with E-state index in [0.29, 0.717) is 42.6 Å². The Morgan fingerprint density at radius 3 is 2.00 bits per heavy atom. The summed E-state index contributed by atoms with van der Waals surface area (Å²) < 4.78 is 17.0. The van der Waals surface area contributed by atoms with Crippen molar-refractivity contribution in [1.29, 1.82) is 0 Å². The molecule has 5 nitrogen and oxygen atoms in total. The Morgan fingerprint density at radius 1 is 0.958 bits per heavy atom. The third-order valence-electron chi connectivity index (χ3n) is 4.11. The first-order valence-electron chi connectivity index (χ1n) is 9.06. The standard InChI is InChI=1S/C19H29NO4/c1-4-22-16-12-14(13-17(23-5-2)18(16)24-6-3)19(21)20-15-10-8-7-9-11-15/h12-13,15H,4-11H2,1-3H3,(H,20,21). The lowest BCUT2D eigenvalue weighted by molar-refractivity contribution is 0.0926. The number of carbonyl (C=O) groups excluding carboxylic acids is 1. The summed E-state index contributed by atoms with van der Waals surface area (Å²) in [6, 6.07) is 3.76. The van der Waals surface area contributed by atoms with E-state index >= 15 is 0 Å². The van der Waals surface area contributed by atoms with Crippen LogP contribution in [0.3, 0.4) is 0 Å². The van der Waals surface area contributed by atoms with Gasteiger partial charge in [-0.3, -0.25) is 4.79 Å². The van der Waals surface area contributed by atoms with Gasteiger partial charge in [-0.1, -0.05) is 19.3 Å². The average Bonchev–Trinajstić information content (AvgIpc) is 2.58. The number of amides is 1. The highest BCUT2D eigenvalue weighted by Gasteiger charge is 2.21. The molecule has 1 aliphatic carbocycles. The van der Waals surface area contributed by atoms with E-state index in [9.17, 15) is 4.79 Å². The molecule has 0 bridgehead atoms. The molecule has 24 heavy (non-hydrogen) atoms. The van der Waals surface area contributed by atoms with E-state index in [4.69, 9.17) is 14.2 Å². The van der Waals surface area contributed by atoms with E-state index in [1.807, 2.05) is 20.8 Å². The highest BCUT2D eigenvalue weighted by molar-refractivity contribution is 5.95. The lowest BCUT2D eigenvalue weighted by Crippen LogP contribution is -2.36. The lowest BCUT2D eigenvalue weighted by atomic mass is 9.95. The fraction of sp³-hybridized carbons (Fsp3) is 0.632. The molecular formula is C19H29NO4. The first-order valence-corrected chi connectivity index (χ1v) is 9.06. The Labute approximate surface area is 144 Å². The number of benzene rings is 1. The van der Waals surface area contributed by atoms with Crippen LogP contribution in [-0.2, 0) is 0 Å². The van der Waals surface area contributed by atoms with Crippen molar-refractivity contribution < 1.29 is 19.0 Å². The van der Waals surface area contributed by atoms with Crippen molar-refractivity contribution in [2.45, 2.75) is 58.9 Å². The Hall–Kier alpha value is -1.91. The molecule has 1 aromatic rings. The highest BCUT2D eigenvalue weighted by atomic mass is 16.5. The molecule has 1 aromatic carbocycles. The molecule has 1 saturated carbocycles. The Balaban J connectivity index is 2.25. The summed E-state index contributed by atoms with van der Waals surface area (Å²) in [5.74, 6) is 1.60. The fourth-order valence-electron chi connectivity index (χ4n) is 3.04. The van der Waals surface area contributed by atoms with Crippen molar-refractivity contribution in [1.82, 2.24) is 5.32 Å². The molecule has 0 atom stereocenters. The van der Waals surface area contributed by atoms with Crippen molar-refractivity contribution in [2.24, 2.45) is 0 Å². The van der Waals surface area contributed by atoms with Gasteiger partial charge in [0.2, 0.25) is 5.75 Å². The SMILES string of the molecule is CCOc1cc(C(=O)NC2CCCCC2)cc(OCC)c1OCC. The van der Waals surface area contributed by atoms with Crippen LogP contribution in [0.4, 0.5) is 0 Å². The Kier molecular flexibility index (Phi) is 7.22. The van der Waals surface area contributed by atoms with E-state index in [2.05, 4.69) is 5.32 Å². The first-order chi connectivity index (χ1) is 11.7. The molecule has 1 N–H and O–H groups in total. The highest BCUT2D eigenvalue weighted by Crippen LogP contribution is 2.39. The Bertz CT molecular complexity index is 511. The third-order valence-corrected chi connectivity index (χ3v) is 4.11. The molecule has 0 unspecified atom stereocenters. The van der Waals surface area contributed by atoms with Gasteiger partial charge in [-0.2, -0.15) is 0 Å². The molecule has 0 aromatic heterocycles. The first kappa shape index (κ1) is 18.4. The quantitative estimate of drug-likeness (QED) is 0.781. The van der Waals surface area contributed by atoms with E-state index in [1.54, 1.807) is 12.1 Å². The lowest BCUT2D eigenvalue weighted by Gasteiger charge is -2.23. The largest absolute Gasteiger partial charge is 0.490 e. The molecule has 1 aliphatic rings. The summed E-state index contributed by atoms with van der Waals surface area (Å²) >= 11 is 0. The van der Waals surface area contributed by atoms with Crippen molar-refractivity contribution in [2.75, 3.05) is 19.8 Å². The molecule has 2 rings (SSSR count). The maximum absolute atomic E-state index is 12.6. The minimum absolute atomic E-state index is 0.0770. The minimum Gasteiger partial charge on any atom is -0.490 e. The molecule has 0 saturated heterocycles. The molecule has 134 valence electrons. The zero-order valence-corrected chi connectivity index (χ0v) is 15.0. The third kappa shape index (κ3) is 4.79. The van der Waals surface area contributed by atoms with Gasteiger partial charge in [0.05, 0.1) is 19.8 Å². The zero-order chi connectivity index (χ0) is 17.4. The van der Waals surface area contributed by atoms with Crippen LogP contribution in [0, 0.1) is 0 Å². The second-order valence-electron chi connectivity index (χ2n) is 5.91. The number of hydrogen-bond acceptors (Lipinski definition) is 4. The topological polar surface area (TPSA) is 56.8 Å². The molecular weight excluding hydrogens is 306 g/mol. The normalized spacial score (nSPS) is 15.0. The minimum atomic E-state index is -0.0770. The van der Waals surface area contributed by atoms with Gasteiger partial charge in [0, 0.05) is 11.6 Å². The summed E-state index contributed by atoms with van der Waals surface area (Å²) in [6.45, 7) is 7.23. The second kappa shape index (κ2) is 9.40. The summed E-state index contributed by atoms with van der Waals surface area (Å²) in [5.41, 5.74) is 0.552. The summed E-state index contributed by atoms with van der Waals surface area (Å²) in [6.07, 6.45) is 5.74. The van der Waals surface area contributed by atoms with Crippen LogP contribution in [0.25, 0.3) is 0 Å². The summed E-state index contributed by atoms with van der Waals surface area (Å²) in [5, 5.41) is 3.13. The average molecular weight is 335 g/mol. The van der Waals surface area contributed by atoms with Gasteiger partial charge >= 0.3 is 0 Å². The predicted molar refractivity (Wildman–Crippen MR) is 94.3 cm³/mol. The van der Waals surface area contributed by atoms with Crippen LogP contribution in [-0.4, -0.2) is 31.8 Å². The van der Waals surface area contributed by atoms with Gasteiger partial charge in [-0.05, 0) is 45.7 Å². The zero-order valence-electron chi connectivity index (χ0n) is 15.0. The van der Waals surface area contributed by atoms with Gasteiger partial charge in [0.25, 0.3) is 5.91 Å². The number of hydrogen-bond donors (Lipinski definition) is 1. The van der Waals surface area contributed by atoms with Gasteiger partial charge < -0.3 is 19.5 Å². The van der Waals surface area contributed by atoms with E-state index < -0.39 is 0 Å². The fourth-order valence-corrected chi connectivity index (χ4v) is 3.04. The molecule has 5 heteroatoms. The van der Waals surface area contributed by atoms with Crippen LogP contribution in [0.2, 0.25) is 0 Å². The van der Waals surface area contributed by atoms with Gasteiger partial charge in [0.1, 0.15) is 0 Å². The van der Waals surface area contributed by atoms with Crippen molar-refractivity contribution in [3.8, 4) is 17.2 Å². The molecule has 0 heterocycles. The van der Waals surface area contributed by atoms with Crippen LogP contribution >= 0.6 is 0 Å². The number of ether oxygens (including phenoxy) is 3. The maximum Gasteiger partial charge on any atom is 0.251 e. The summed E-state index contributed by atoms with van der Waals surface area (Å²) in [4.78, 5) is 12.6. The monoisotopic (exact) mass is 335 g/mol. The molecule has 0 spiro atoms. The molecule has 0 radical (unpaired) electrons. The molecule has 1 fully saturated rings. The van der Waals surface area contributed by atoms with Gasteiger partial charge in [-0.25, -0.2) is 0 Å². The number of nitrogens with one attached hydrogen (secondary N) is 1. The van der Waals surface area contributed by atoms with Crippen LogP contribution in [0.1, 0.15) is 63.2 Å². The Morgan fingerprint density at radius 2 is 1.50 bits per heavy atom. The number of rotatable bonds is 8. The summed E-state index contributed by atoms with van der Waals surface area (Å²) in [7, 11) is 0. The predicted octanol–water partition coefficient (Wildman–Crippen LogP) is 3.95. The smallest absolute Gasteiger partial charge is 0.251 e. The van der Waals surface area contributed by atoms with Gasteiger partial charge in [-0.15, -0.1) is 0 Å². The number of carbonyl (C=O) groups is 1. The van der Waals surface area contributed by atoms with Crippen LogP contribution in [0.15, 0.2) is 12.1 Å². The van der Waals surface area contributed by atoms with E-state index in [-0.39, 0.29) is 11.9 Å². The van der Waals surface area contributed by atoms with E-state index in [0.717, 1.165) is 12.8 Å². The van der Waals surface area contributed by atoms with Gasteiger partial charge in [0.15, 0.2) is 11.5 Å².